The number of anilines is 1. The highest BCUT2D eigenvalue weighted by atomic mass is 35.5. The molecular formula is C13H13ClN2O5S. The molecule has 0 aromatic heterocycles. The van der Waals surface area contributed by atoms with E-state index in [1.54, 1.807) is 0 Å². The molecule has 1 aromatic carbocycles. The van der Waals surface area contributed by atoms with E-state index in [1.165, 1.54) is 18.2 Å². The Morgan fingerprint density at radius 2 is 2.00 bits per heavy atom. The number of carbonyl (C=O) groups excluding carboxylic acids is 2. The van der Waals surface area contributed by atoms with Crippen molar-refractivity contribution in [1.29, 1.82) is 0 Å². The number of hydrogen-bond acceptors (Lipinski definition) is 6. The quantitative estimate of drug-likeness (QED) is 0.749. The number of β-amino-alcohol motifs (C(OH)–C–C–N with tert-alkyl or cyclic N) is 1. The van der Waals surface area contributed by atoms with E-state index in [-0.39, 0.29) is 34.5 Å². The van der Waals surface area contributed by atoms with E-state index >= 15 is 0 Å². The number of sulfone groups is 1. The molecule has 0 atom stereocenters. The van der Waals surface area contributed by atoms with Gasteiger partial charge in [0.1, 0.15) is 10.6 Å². The molecule has 1 aliphatic rings. The third-order valence-electron chi connectivity index (χ3n) is 2.94. The smallest absolute Gasteiger partial charge is 0.277 e. The molecule has 0 bridgehead atoms. The minimum Gasteiger partial charge on any atom is -0.395 e. The number of halogens is 1. The first-order valence-corrected chi connectivity index (χ1v) is 8.46. The summed E-state index contributed by atoms with van der Waals surface area (Å²) in [5.41, 5.74) is 0.0267. The van der Waals surface area contributed by atoms with Gasteiger partial charge in [-0.25, -0.2) is 8.42 Å². The van der Waals surface area contributed by atoms with Gasteiger partial charge in [0.15, 0.2) is 9.84 Å². The summed E-state index contributed by atoms with van der Waals surface area (Å²) in [6, 6.07) is 4.37. The number of imide groups is 1. The van der Waals surface area contributed by atoms with Crippen LogP contribution in [0.3, 0.4) is 0 Å². The lowest BCUT2D eigenvalue weighted by Crippen LogP contribution is -2.34. The first-order chi connectivity index (χ1) is 10.3. The van der Waals surface area contributed by atoms with E-state index in [0.29, 0.717) is 0 Å². The third kappa shape index (κ3) is 3.13. The monoisotopic (exact) mass is 344 g/mol. The maximum absolute atomic E-state index is 12.0. The first kappa shape index (κ1) is 16.5. The van der Waals surface area contributed by atoms with Gasteiger partial charge in [-0.05, 0) is 12.1 Å². The van der Waals surface area contributed by atoms with Crippen molar-refractivity contribution in [2.45, 2.75) is 4.90 Å². The topological polar surface area (TPSA) is 104 Å². The van der Waals surface area contributed by atoms with Crippen molar-refractivity contribution < 1.29 is 23.1 Å². The molecule has 1 aromatic rings. The molecule has 22 heavy (non-hydrogen) atoms. The van der Waals surface area contributed by atoms with E-state index in [0.717, 1.165) is 17.2 Å². The molecule has 0 aliphatic carbocycles. The van der Waals surface area contributed by atoms with Gasteiger partial charge in [-0.2, -0.15) is 0 Å². The van der Waals surface area contributed by atoms with Crippen LogP contribution in [0.4, 0.5) is 5.69 Å². The Labute approximate surface area is 132 Å². The molecule has 9 heteroatoms. The molecule has 118 valence electrons. The lowest BCUT2D eigenvalue weighted by Gasteiger charge is -2.15. The summed E-state index contributed by atoms with van der Waals surface area (Å²) < 4.78 is 23.6. The summed E-state index contributed by atoms with van der Waals surface area (Å²) in [7, 11) is -3.63. The number of benzene rings is 1. The summed E-state index contributed by atoms with van der Waals surface area (Å²) >= 11 is 5.91. The molecule has 2 rings (SSSR count). The molecule has 0 unspecified atom stereocenters. The van der Waals surface area contributed by atoms with E-state index in [4.69, 9.17) is 16.7 Å². The summed E-state index contributed by atoms with van der Waals surface area (Å²) in [5.74, 6) is -1.22. The van der Waals surface area contributed by atoms with Crippen LogP contribution in [0, 0.1) is 0 Å². The molecular weight excluding hydrogens is 332 g/mol. The zero-order valence-corrected chi connectivity index (χ0v) is 13.1. The molecule has 0 saturated heterocycles. The Balaban J connectivity index is 2.38. The maximum atomic E-state index is 12.0. The van der Waals surface area contributed by atoms with Crippen LogP contribution in [-0.2, 0) is 19.4 Å². The van der Waals surface area contributed by atoms with Crippen LogP contribution in [0.15, 0.2) is 34.9 Å². The zero-order valence-electron chi connectivity index (χ0n) is 11.5. The standard InChI is InChI=1S/C13H13ClN2O5S/c1-22(20,21)12-8(14)3-2-4-9(12)15-10-7-11(18)16(5-6-17)13(10)19/h2-4,7,15,17H,5-6H2,1H3. The van der Waals surface area contributed by atoms with Crippen molar-refractivity contribution in [3.63, 3.8) is 0 Å². The average Bonchev–Trinajstić information content (AvgIpc) is 2.65. The fraction of sp³-hybridized carbons (Fsp3) is 0.231. The lowest BCUT2D eigenvalue weighted by atomic mass is 10.3. The number of amides is 2. The average molecular weight is 345 g/mol. The molecule has 2 amide bonds. The van der Waals surface area contributed by atoms with Gasteiger partial charge in [0.25, 0.3) is 11.8 Å². The predicted octanol–water partition coefficient (Wildman–Crippen LogP) is 0.400. The zero-order chi connectivity index (χ0) is 16.5. The largest absolute Gasteiger partial charge is 0.395 e. The predicted molar refractivity (Wildman–Crippen MR) is 80.1 cm³/mol. The summed E-state index contributed by atoms with van der Waals surface area (Å²) in [6.07, 6.45) is 2.04. The third-order valence-corrected chi connectivity index (χ3v) is 4.55. The minimum atomic E-state index is -3.63. The van der Waals surface area contributed by atoms with Crippen molar-refractivity contribution in [2.24, 2.45) is 0 Å². The highest BCUT2D eigenvalue weighted by Gasteiger charge is 2.31. The summed E-state index contributed by atoms with van der Waals surface area (Å²) in [5, 5.41) is 11.5. The highest BCUT2D eigenvalue weighted by molar-refractivity contribution is 7.91. The summed E-state index contributed by atoms with van der Waals surface area (Å²) in [4.78, 5) is 24.4. The van der Waals surface area contributed by atoms with Crippen LogP contribution in [0.5, 0.6) is 0 Å². The second kappa shape index (κ2) is 6.07. The van der Waals surface area contributed by atoms with Crippen LogP contribution in [-0.4, -0.2) is 49.6 Å². The highest BCUT2D eigenvalue weighted by Crippen LogP contribution is 2.30. The molecule has 0 fully saturated rings. The first-order valence-electron chi connectivity index (χ1n) is 6.19. The normalized spacial score (nSPS) is 15.2. The Kier molecular flexibility index (Phi) is 4.55. The fourth-order valence-corrected chi connectivity index (χ4v) is 3.57. The number of nitrogens with one attached hydrogen (secondary N) is 1. The van der Waals surface area contributed by atoms with Crippen LogP contribution in [0.1, 0.15) is 0 Å². The van der Waals surface area contributed by atoms with Crippen LogP contribution in [0.25, 0.3) is 0 Å². The van der Waals surface area contributed by atoms with E-state index in [2.05, 4.69) is 5.32 Å². The van der Waals surface area contributed by atoms with Crippen LogP contribution >= 0.6 is 11.6 Å². The van der Waals surface area contributed by atoms with Gasteiger partial charge in [0.05, 0.1) is 23.9 Å². The number of aliphatic hydroxyl groups excluding tert-OH is 1. The van der Waals surface area contributed by atoms with E-state index < -0.39 is 21.7 Å². The van der Waals surface area contributed by atoms with Gasteiger partial charge >= 0.3 is 0 Å². The minimum absolute atomic E-state index is 0.0112. The maximum Gasteiger partial charge on any atom is 0.277 e. The van der Waals surface area contributed by atoms with Crippen molar-refractivity contribution >= 4 is 38.9 Å². The fourth-order valence-electron chi connectivity index (χ4n) is 2.04. The van der Waals surface area contributed by atoms with Crippen molar-refractivity contribution in [2.75, 3.05) is 24.7 Å². The Morgan fingerprint density at radius 1 is 1.32 bits per heavy atom. The molecule has 2 N–H and O–H groups in total. The Hall–Kier alpha value is -1.90. The number of aliphatic hydroxyl groups is 1. The van der Waals surface area contributed by atoms with Crippen molar-refractivity contribution in [1.82, 2.24) is 4.90 Å². The van der Waals surface area contributed by atoms with Gasteiger partial charge < -0.3 is 10.4 Å². The number of hydrogen-bond donors (Lipinski definition) is 2. The van der Waals surface area contributed by atoms with Crippen molar-refractivity contribution in [3.8, 4) is 0 Å². The number of carbonyl (C=O) groups is 2. The van der Waals surface area contributed by atoms with Gasteiger partial charge in [-0.1, -0.05) is 17.7 Å². The lowest BCUT2D eigenvalue weighted by molar-refractivity contribution is -0.137. The van der Waals surface area contributed by atoms with E-state index in [9.17, 15) is 18.0 Å². The summed E-state index contributed by atoms with van der Waals surface area (Å²) in [6.45, 7) is -0.488. The van der Waals surface area contributed by atoms with Crippen LogP contribution in [0.2, 0.25) is 5.02 Å². The second-order valence-electron chi connectivity index (χ2n) is 4.59. The molecule has 0 saturated carbocycles. The Morgan fingerprint density at radius 3 is 2.59 bits per heavy atom. The van der Waals surface area contributed by atoms with Gasteiger partial charge in [0.2, 0.25) is 0 Å². The van der Waals surface area contributed by atoms with Crippen molar-refractivity contribution in [3.05, 3.63) is 35.0 Å². The SMILES string of the molecule is CS(=O)(=O)c1c(Cl)cccc1NC1=CC(=O)N(CCO)C1=O. The van der Waals surface area contributed by atoms with Crippen LogP contribution < -0.4 is 5.32 Å². The molecule has 0 radical (unpaired) electrons. The second-order valence-corrected chi connectivity index (χ2v) is 6.95. The molecule has 1 heterocycles. The molecule has 7 nitrogen and oxygen atoms in total. The molecule has 0 spiro atoms. The number of nitrogens with zero attached hydrogens (tertiary/aromatic N) is 1. The van der Waals surface area contributed by atoms with Gasteiger partial charge in [-0.3, -0.25) is 14.5 Å². The Bertz CT molecular complexity index is 773. The van der Waals surface area contributed by atoms with Gasteiger partial charge in [0, 0.05) is 12.3 Å². The van der Waals surface area contributed by atoms with E-state index in [1.807, 2.05) is 0 Å². The molecule has 1 aliphatic heterocycles. The van der Waals surface area contributed by atoms with Gasteiger partial charge in [-0.15, -0.1) is 0 Å². The number of rotatable bonds is 5.